The van der Waals surface area contributed by atoms with Crippen molar-refractivity contribution < 1.29 is 0 Å². The fraction of sp³-hybridized carbons (Fsp3) is 1.00. The molecule has 0 saturated carbocycles. The predicted molar refractivity (Wildman–Crippen MR) is 88.6 cm³/mol. The van der Waals surface area contributed by atoms with E-state index in [0.717, 1.165) is 12.5 Å². The topological polar surface area (TPSA) is 12.0 Å². The van der Waals surface area contributed by atoms with Crippen LogP contribution in [0.2, 0.25) is 0 Å². The highest BCUT2D eigenvalue weighted by molar-refractivity contribution is 4.94. The molecule has 0 amide bonds. The zero-order valence-electron chi connectivity index (χ0n) is 14.7. The molecule has 0 spiro atoms. The van der Waals surface area contributed by atoms with Gasteiger partial charge in [-0.2, -0.15) is 0 Å². The molecule has 0 aromatic carbocycles. The summed E-state index contributed by atoms with van der Waals surface area (Å²) in [4.78, 5) is 0. The first kappa shape index (κ1) is 19.0. The first-order chi connectivity index (χ1) is 8.95. The van der Waals surface area contributed by atoms with Gasteiger partial charge in [-0.25, -0.2) is 0 Å². The highest BCUT2D eigenvalue weighted by Crippen LogP contribution is 2.53. The van der Waals surface area contributed by atoms with Gasteiger partial charge < -0.3 is 5.32 Å². The summed E-state index contributed by atoms with van der Waals surface area (Å²) >= 11 is 0. The van der Waals surface area contributed by atoms with Crippen LogP contribution in [0.15, 0.2) is 0 Å². The van der Waals surface area contributed by atoms with Gasteiger partial charge in [0.2, 0.25) is 0 Å². The normalized spacial score (nSPS) is 17.2. The van der Waals surface area contributed by atoms with Gasteiger partial charge in [0.15, 0.2) is 0 Å². The van der Waals surface area contributed by atoms with Crippen LogP contribution in [0.4, 0.5) is 0 Å². The van der Waals surface area contributed by atoms with Gasteiger partial charge >= 0.3 is 0 Å². The van der Waals surface area contributed by atoms with Gasteiger partial charge in [0.25, 0.3) is 0 Å². The Bertz CT molecular complexity index is 220. The van der Waals surface area contributed by atoms with Crippen molar-refractivity contribution in [3.8, 4) is 0 Å². The van der Waals surface area contributed by atoms with Crippen molar-refractivity contribution in [2.24, 2.45) is 16.7 Å². The summed E-state index contributed by atoms with van der Waals surface area (Å²) in [7, 11) is 0. The lowest BCUT2D eigenvalue weighted by Gasteiger charge is -2.51. The molecule has 0 radical (unpaired) electrons. The summed E-state index contributed by atoms with van der Waals surface area (Å²) in [6, 6.07) is 0. The predicted octanol–water partition coefficient (Wildman–Crippen LogP) is 5.64. The van der Waals surface area contributed by atoms with Gasteiger partial charge in [0.1, 0.15) is 0 Å². The van der Waals surface area contributed by atoms with Crippen LogP contribution in [0.25, 0.3) is 0 Å². The molecule has 0 aliphatic rings. The van der Waals surface area contributed by atoms with Crippen molar-refractivity contribution in [2.75, 3.05) is 13.1 Å². The van der Waals surface area contributed by atoms with Crippen LogP contribution in [0.1, 0.15) is 87.0 Å². The van der Waals surface area contributed by atoms with Crippen LogP contribution in [-0.4, -0.2) is 13.1 Å². The minimum Gasteiger partial charge on any atom is -0.317 e. The molecule has 0 aromatic rings. The lowest BCUT2D eigenvalue weighted by Crippen LogP contribution is -2.43. The van der Waals surface area contributed by atoms with E-state index in [1.807, 2.05) is 0 Å². The molecule has 19 heavy (non-hydrogen) atoms. The van der Waals surface area contributed by atoms with E-state index in [2.05, 4.69) is 53.8 Å². The van der Waals surface area contributed by atoms with E-state index >= 15 is 0 Å². The smallest absolute Gasteiger partial charge is 0.00461 e. The molecule has 1 N–H and O–H groups in total. The molecule has 0 aromatic heterocycles. The van der Waals surface area contributed by atoms with E-state index in [-0.39, 0.29) is 0 Å². The lowest BCUT2D eigenvalue weighted by atomic mass is 9.54. The van der Waals surface area contributed by atoms with Crippen molar-refractivity contribution in [3.05, 3.63) is 0 Å². The lowest BCUT2D eigenvalue weighted by molar-refractivity contribution is -0.0117. The Kier molecular flexibility index (Phi) is 8.98. The maximum Gasteiger partial charge on any atom is -0.00461 e. The molecule has 2 atom stereocenters. The van der Waals surface area contributed by atoms with Crippen LogP contribution >= 0.6 is 0 Å². The third-order valence-corrected chi connectivity index (χ3v) is 6.16. The summed E-state index contributed by atoms with van der Waals surface area (Å²) in [6.45, 7) is 19.2. The molecule has 116 valence electrons. The van der Waals surface area contributed by atoms with Crippen molar-refractivity contribution in [2.45, 2.75) is 87.0 Å². The molecule has 1 heteroatoms. The monoisotopic (exact) mass is 269 g/mol. The highest BCUT2D eigenvalue weighted by Gasteiger charge is 2.44. The molecule has 2 unspecified atom stereocenters. The Hall–Kier alpha value is -0.0400. The number of rotatable bonds is 11. The summed E-state index contributed by atoms with van der Waals surface area (Å²) in [5, 5.41) is 3.58. The molecular formula is C18H39N. The Labute approximate surface area is 122 Å². The molecule has 0 bridgehead atoms. The van der Waals surface area contributed by atoms with Gasteiger partial charge in [0.05, 0.1) is 0 Å². The average Bonchev–Trinajstić information content (AvgIpc) is 2.45. The van der Waals surface area contributed by atoms with Crippen molar-refractivity contribution in [1.29, 1.82) is 0 Å². The van der Waals surface area contributed by atoms with Crippen molar-refractivity contribution in [1.82, 2.24) is 5.32 Å². The third-order valence-electron chi connectivity index (χ3n) is 6.16. The minimum absolute atomic E-state index is 0.471. The summed E-state index contributed by atoms with van der Waals surface area (Å²) in [5.41, 5.74) is 0.951. The SMILES string of the molecule is CCCNCCC(CC)C(C)(CC)C(C)(CC)CC. The highest BCUT2D eigenvalue weighted by atomic mass is 14.8. The van der Waals surface area contributed by atoms with Gasteiger partial charge in [-0.05, 0) is 49.1 Å². The van der Waals surface area contributed by atoms with Gasteiger partial charge in [-0.1, -0.05) is 67.7 Å². The van der Waals surface area contributed by atoms with Crippen LogP contribution in [0.3, 0.4) is 0 Å². The molecular weight excluding hydrogens is 230 g/mol. The van der Waals surface area contributed by atoms with E-state index in [0.29, 0.717) is 10.8 Å². The maximum absolute atomic E-state index is 3.58. The zero-order valence-corrected chi connectivity index (χ0v) is 14.7. The minimum atomic E-state index is 0.471. The summed E-state index contributed by atoms with van der Waals surface area (Å²) in [5.74, 6) is 0.840. The van der Waals surface area contributed by atoms with E-state index in [9.17, 15) is 0 Å². The van der Waals surface area contributed by atoms with Gasteiger partial charge in [-0.15, -0.1) is 0 Å². The molecule has 0 heterocycles. The molecule has 1 nitrogen and oxygen atoms in total. The first-order valence-electron chi connectivity index (χ1n) is 8.66. The van der Waals surface area contributed by atoms with E-state index in [4.69, 9.17) is 0 Å². The second kappa shape index (κ2) is 9.00. The van der Waals surface area contributed by atoms with E-state index in [1.54, 1.807) is 0 Å². The second-order valence-corrected chi connectivity index (χ2v) is 6.68. The number of hydrogen-bond acceptors (Lipinski definition) is 1. The van der Waals surface area contributed by atoms with Gasteiger partial charge in [-0.3, -0.25) is 0 Å². The van der Waals surface area contributed by atoms with E-state index < -0.39 is 0 Å². The quantitative estimate of drug-likeness (QED) is 0.478. The zero-order chi connectivity index (χ0) is 14.9. The second-order valence-electron chi connectivity index (χ2n) is 6.68. The third kappa shape index (κ3) is 4.48. The molecule has 0 rings (SSSR count). The first-order valence-corrected chi connectivity index (χ1v) is 8.66. The van der Waals surface area contributed by atoms with Crippen LogP contribution in [-0.2, 0) is 0 Å². The molecule has 0 saturated heterocycles. The number of hydrogen-bond donors (Lipinski definition) is 1. The maximum atomic E-state index is 3.58. The standard InChI is InChI=1S/C18H39N/c1-8-14-19-15-13-16(9-2)18(7,12-5)17(6,10-3)11-4/h16,19H,8-15H2,1-7H3. The van der Waals surface area contributed by atoms with Crippen molar-refractivity contribution >= 4 is 0 Å². The Morgan fingerprint density at radius 2 is 1.42 bits per heavy atom. The Morgan fingerprint density at radius 3 is 1.79 bits per heavy atom. The number of nitrogens with one attached hydrogen (secondary N) is 1. The van der Waals surface area contributed by atoms with Gasteiger partial charge in [0, 0.05) is 0 Å². The molecule has 0 aliphatic carbocycles. The fourth-order valence-electron chi connectivity index (χ4n) is 3.82. The van der Waals surface area contributed by atoms with Crippen LogP contribution in [0.5, 0.6) is 0 Å². The Balaban J connectivity index is 4.83. The summed E-state index contributed by atoms with van der Waals surface area (Å²) in [6.07, 6.45) is 7.78. The van der Waals surface area contributed by atoms with E-state index in [1.165, 1.54) is 45.1 Å². The molecule has 0 fully saturated rings. The molecule has 0 aliphatic heterocycles. The summed E-state index contributed by atoms with van der Waals surface area (Å²) < 4.78 is 0. The Morgan fingerprint density at radius 1 is 0.842 bits per heavy atom. The van der Waals surface area contributed by atoms with Crippen molar-refractivity contribution in [3.63, 3.8) is 0 Å². The average molecular weight is 270 g/mol. The van der Waals surface area contributed by atoms with Crippen LogP contribution < -0.4 is 5.32 Å². The largest absolute Gasteiger partial charge is 0.317 e. The fourth-order valence-corrected chi connectivity index (χ4v) is 3.82. The van der Waals surface area contributed by atoms with Crippen LogP contribution in [0, 0.1) is 16.7 Å².